The molecule has 3 aliphatic rings. The molecule has 3 aliphatic carbocycles. The van der Waals surface area contributed by atoms with E-state index in [0.29, 0.717) is 25.2 Å². The summed E-state index contributed by atoms with van der Waals surface area (Å²) in [4.78, 5) is 14.8. The van der Waals surface area contributed by atoms with Gasteiger partial charge in [-0.15, -0.1) is 0 Å². The van der Waals surface area contributed by atoms with E-state index in [2.05, 4.69) is 114 Å². The van der Waals surface area contributed by atoms with Crippen LogP contribution in [0, 0.1) is 17.3 Å². The average molecular weight is 701 g/mol. The Morgan fingerprint density at radius 3 is 2.06 bits per heavy atom. The second-order valence-corrected chi connectivity index (χ2v) is 28.0. The molecule has 0 spiro atoms. The van der Waals surface area contributed by atoms with Crippen LogP contribution in [0.2, 0.25) is 36.3 Å². The van der Waals surface area contributed by atoms with E-state index in [-0.39, 0.29) is 21.5 Å². The molecular formula is C41H72O5Si2. The van der Waals surface area contributed by atoms with Gasteiger partial charge >= 0.3 is 5.97 Å². The molecule has 0 radical (unpaired) electrons. The zero-order chi connectivity index (χ0) is 36.7. The number of esters is 1. The maximum Gasteiger partial charge on any atom is 0.317 e. The number of fused-ring (bicyclic) bond motifs is 1. The summed E-state index contributed by atoms with van der Waals surface area (Å²) in [5.74, 6) is -1.89. The third-order valence-corrected chi connectivity index (χ3v) is 22.4. The zero-order valence-electron chi connectivity index (χ0n) is 33.9. The summed E-state index contributed by atoms with van der Waals surface area (Å²) in [6.07, 6.45) is 14.1. The first-order valence-corrected chi connectivity index (χ1v) is 24.6. The minimum Gasteiger partial charge on any atom is -0.459 e. The van der Waals surface area contributed by atoms with E-state index in [0.717, 1.165) is 30.4 Å². The summed E-state index contributed by atoms with van der Waals surface area (Å²) in [5.41, 5.74) is 4.66. The van der Waals surface area contributed by atoms with Gasteiger partial charge in [0.05, 0.1) is 6.10 Å². The molecule has 0 aromatic carbocycles. The Hall–Kier alpha value is -1.26. The molecule has 274 valence electrons. The number of allylic oxidation sites excluding steroid dienone is 5. The SMILES string of the molecule is C=C1C(=CC=C2CCC[C@]3(C)C(CC)=CC[C@@H]23)C[C@@](OC)(O[Si](C)(C)C(C)(C)C)[C@H](C(=O)OC(C)(CC)CC)[C@@H]1O[Si](C)(C)C(C)(C)C. The van der Waals surface area contributed by atoms with Crippen molar-refractivity contribution in [2.45, 2.75) is 181 Å². The number of carbonyl (C=O) groups excluding carboxylic acids is 1. The van der Waals surface area contributed by atoms with Crippen LogP contribution in [0.3, 0.4) is 0 Å². The molecule has 0 heterocycles. The molecule has 48 heavy (non-hydrogen) atoms. The van der Waals surface area contributed by atoms with Gasteiger partial charge in [0, 0.05) is 13.5 Å². The average Bonchev–Trinajstić information content (AvgIpc) is 3.32. The minimum atomic E-state index is -2.48. The smallest absolute Gasteiger partial charge is 0.317 e. The van der Waals surface area contributed by atoms with E-state index in [4.69, 9.17) is 24.9 Å². The van der Waals surface area contributed by atoms with Crippen molar-refractivity contribution in [1.29, 1.82) is 0 Å². The van der Waals surface area contributed by atoms with Crippen LogP contribution in [0.15, 0.2) is 47.1 Å². The van der Waals surface area contributed by atoms with Gasteiger partial charge in [-0.25, -0.2) is 0 Å². The molecule has 5 nitrogen and oxygen atoms in total. The molecule has 0 aromatic rings. The van der Waals surface area contributed by atoms with Crippen molar-refractivity contribution in [3.8, 4) is 0 Å². The van der Waals surface area contributed by atoms with Crippen molar-refractivity contribution in [1.82, 2.24) is 0 Å². The third kappa shape index (κ3) is 7.96. The fourth-order valence-electron chi connectivity index (χ4n) is 7.49. The van der Waals surface area contributed by atoms with Crippen molar-refractivity contribution in [3.63, 3.8) is 0 Å². The topological polar surface area (TPSA) is 54.0 Å². The van der Waals surface area contributed by atoms with Gasteiger partial charge < -0.3 is 18.3 Å². The Morgan fingerprint density at radius 1 is 0.979 bits per heavy atom. The van der Waals surface area contributed by atoms with Gasteiger partial charge in [0.25, 0.3) is 0 Å². The van der Waals surface area contributed by atoms with Crippen LogP contribution < -0.4 is 0 Å². The molecule has 0 unspecified atom stereocenters. The number of ether oxygens (including phenoxy) is 2. The van der Waals surface area contributed by atoms with Gasteiger partial charge in [0.1, 0.15) is 11.5 Å². The second kappa shape index (κ2) is 14.4. The quantitative estimate of drug-likeness (QED) is 0.0929. The normalized spacial score (nSPS) is 30.9. The Balaban J connectivity index is 2.26. The number of hydrogen-bond acceptors (Lipinski definition) is 5. The van der Waals surface area contributed by atoms with E-state index in [1.807, 2.05) is 6.92 Å². The fraction of sp³-hybridized carbons (Fsp3) is 0.780. The Morgan fingerprint density at radius 2 is 1.56 bits per heavy atom. The van der Waals surface area contributed by atoms with E-state index in [1.54, 1.807) is 12.7 Å². The largest absolute Gasteiger partial charge is 0.459 e. The highest BCUT2D eigenvalue weighted by Crippen LogP contribution is 2.56. The summed E-state index contributed by atoms with van der Waals surface area (Å²) < 4.78 is 27.7. The Bertz CT molecular complexity index is 1290. The highest BCUT2D eigenvalue weighted by Gasteiger charge is 2.60. The summed E-state index contributed by atoms with van der Waals surface area (Å²) >= 11 is 0. The lowest BCUT2D eigenvalue weighted by Crippen LogP contribution is -2.63. The molecule has 0 saturated heterocycles. The van der Waals surface area contributed by atoms with Gasteiger partial charge in [-0.05, 0) is 111 Å². The lowest BCUT2D eigenvalue weighted by Gasteiger charge is -2.54. The monoisotopic (exact) mass is 700 g/mol. The maximum atomic E-state index is 14.8. The van der Waals surface area contributed by atoms with Crippen LogP contribution in [0.1, 0.15) is 128 Å². The molecule has 5 atom stereocenters. The molecule has 2 saturated carbocycles. The zero-order valence-corrected chi connectivity index (χ0v) is 35.9. The third-order valence-electron chi connectivity index (χ3n) is 13.5. The van der Waals surface area contributed by atoms with Gasteiger partial charge in [0.2, 0.25) is 0 Å². The number of hydrogen-bond donors (Lipinski definition) is 0. The maximum absolute atomic E-state index is 14.8. The highest BCUT2D eigenvalue weighted by molar-refractivity contribution is 6.74. The van der Waals surface area contributed by atoms with Crippen LogP contribution in [0.25, 0.3) is 0 Å². The summed E-state index contributed by atoms with van der Waals surface area (Å²) in [6, 6.07) is 0. The van der Waals surface area contributed by atoms with Gasteiger partial charge in [0.15, 0.2) is 22.4 Å². The van der Waals surface area contributed by atoms with Crippen molar-refractivity contribution in [3.05, 3.63) is 47.1 Å². The molecule has 7 heteroatoms. The lowest BCUT2D eigenvalue weighted by atomic mass is 9.64. The molecule has 0 aliphatic heterocycles. The van der Waals surface area contributed by atoms with Crippen molar-refractivity contribution < 1.29 is 23.1 Å². The fourth-order valence-corrected chi connectivity index (χ4v) is 10.2. The Kier molecular flexibility index (Phi) is 12.4. The van der Waals surface area contributed by atoms with Gasteiger partial charge in [-0.3, -0.25) is 4.79 Å². The van der Waals surface area contributed by atoms with Crippen LogP contribution in [-0.2, 0) is 23.1 Å². The Labute approximate surface area is 297 Å². The lowest BCUT2D eigenvalue weighted by molar-refractivity contribution is -0.239. The van der Waals surface area contributed by atoms with E-state index in [1.165, 1.54) is 18.4 Å². The summed E-state index contributed by atoms with van der Waals surface area (Å²) in [6.45, 7) is 38.0. The molecule has 0 aromatic heterocycles. The molecular weight excluding hydrogens is 629 g/mol. The van der Waals surface area contributed by atoms with Gasteiger partial charge in [-0.1, -0.05) is 105 Å². The predicted molar refractivity (Wildman–Crippen MR) is 207 cm³/mol. The van der Waals surface area contributed by atoms with Crippen LogP contribution >= 0.6 is 0 Å². The predicted octanol–water partition coefficient (Wildman–Crippen LogP) is 11.8. The molecule has 2 fully saturated rings. The summed E-state index contributed by atoms with van der Waals surface area (Å²) in [7, 11) is -3.19. The first-order valence-electron chi connectivity index (χ1n) is 18.8. The minimum absolute atomic E-state index is 0.0819. The number of carbonyl (C=O) groups is 1. The van der Waals surface area contributed by atoms with Crippen LogP contribution in [-0.4, -0.2) is 47.2 Å². The van der Waals surface area contributed by atoms with Crippen molar-refractivity contribution in [2.75, 3.05) is 7.11 Å². The summed E-state index contributed by atoms with van der Waals surface area (Å²) in [5, 5.41) is -0.190. The molecule has 0 N–H and O–H groups in total. The number of rotatable bonds is 11. The standard InChI is InChI=1S/C41H72O5Si2/c1-18-32-25-26-33-30(22-21-27-40(32,33)12)23-24-31-28-41(43-13,46-48(16,17)38(8,9)10)34(36(42)44-39(11,19-2)20-3)35(29(31)4)45-47(14,15)37(5,6)7/h23-25,33-35H,4,18-22,26-28H2,1-3,5-17H3/t33-,34-,35+,40+,41+/m0/s1. The van der Waals surface area contributed by atoms with Crippen molar-refractivity contribution >= 4 is 22.6 Å². The second-order valence-electron chi connectivity index (χ2n) is 18.5. The molecule has 0 bridgehead atoms. The molecule has 3 rings (SSSR count). The van der Waals surface area contributed by atoms with E-state index < -0.39 is 40.0 Å². The van der Waals surface area contributed by atoms with Gasteiger partial charge in [-0.2, -0.15) is 0 Å². The number of methoxy groups -OCH3 is 1. The highest BCUT2D eigenvalue weighted by atomic mass is 28.4. The van der Waals surface area contributed by atoms with Crippen molar-refractivity contribution in [2.24, 2.45) is 17.3 Å². The molecule has 0 amide bonds. The van der Waals surface area contributed by atoms with Crippen LogP contribution in [0.4, 0.5) is 0 Å². The van der Waals surface area contributed by atoms with Crippen LogP contribution in [0.5, 0.6) is 0 Å². The first-order chi connectivity index (χ1) is 21.9. The van der Waals surface area contributed by atoms with E-state index in [9.17, 15) is 4.79 Å². The van der Waals surface area contributed by atoms with E-state index >= 15 is 0 Å². The first kappa shape index (κ1) is 41.2.